The molecule has 0 bridgehead atoms. The Kier molecular flexibility index (Phi) is 3.67. The lowest BCUT2D eigenvalue weighted by Gasteiger charge is -2.49. The van der Waals surface area contributed by atoms with Crippen molar-refractivity contribution in [2.24, 2.45) is 23.0 Å². The molecule has 5 nitrogen and oxygen atoms in total. The number of fused-ring (bicyclic) bond motifs is 1. The molecule has 0 aromatic carbocycles. The van der Waals surface area contributed by atoms with Gasteiger partial charge in [0.05, 0.1) is 10.4 Å². The quantitative estimate of drug-likeness (QED) is 0.741. The van der Waals surface area contributed by atoms with Gasteiger partial charge in [0.1, 0.15) is 0 Å². The van der Waals surface area contributed by atoms with Gasteiger partial charge in [0.25, 0.3) is 0 Å². The Balaban J connectivity index is 1.69. The van der Waals surface area contributed by atoms with Crippen molar-refractivity contribution < 1.29 is 9.59 Å². The van der Waals surface area contributed by atoms with Crippen molar-refractivity contribution in [1.82, 2.24) is 10.2 Å². The van der Waals surface area contributed by atoms with Crippen molar-refractivity contribution in [2.75, 3.05) is 13.1 Å². The summed E-state index contributed by atoms with van der Waals surface area (Å²) in [5.41, 5.74) is 5.28. The minimum Gasteiger partial charge on any atom is -0.392 e. The predicted molar refractivity (Wildman–Crippen MR) is 83.5 cm³/mol. The zero-order chi connectivity index (χ0) is 15.2. The van der Waals surface area contributed by atoms with Gasteiger partial charge in [-0.15, -0.1) is 0 Å². The van der Waals surface area contributed by atoms with Crippen molar-refractivity contribution in [3.8, 4) is 0 Å². The number of carbonyl (C=O) groups is 2. The lowest BCUT2D eigenvalue weighted by atomic mass is 9.61. The monoisotopic (exact) mass is 309 g/mol. The van der Waals surface area contributed by atoms with Gasteiger partial charge < -0.3 is 16.0 Å². The Morgan fingerprint density at radius 1 is 1.43 bits per heavy atom. The Labute approximate surface area is 130 Å². The molecule has 2 saturated heterocycles. The Morgan fingerprint density at radius 2 is 2.14 bits per heavy atom. The number of thiocarbonyl (C=S) groups is 1. The summed E-state index contributed by atoms with van der Waals surface area (Å²) in [5.74, 6) is 1.15. The molecule has 0 aromatic heterocycles. The van der Waals surface area contributed by atoms with Crippen LogP contribution in [0.3, 0.4) is 0 Å². The number of rotatable bonds is 2. The minimum absolute atomic E-state index is 0.114. The van der Waals surface area contributed by atoms with E-state index >= 15 is 0 Å². The molecule has 0 spiro atoms. The van der Waals surface area contributed by atoms with Gasteiger partial charge in [-0.25, -0.2) is 0 Å². The Morgan fingerprint density at radius 3 is 2.76 bits per heavy atom. The van der Waals surface area contributed by atoms with E-state index in [1.807, 2.05) is 4.90 Å². The van der Waals surface area contributed by atoms with E-state index in [0.29, 0.717) is 29.8 Å². The van der Waals surface area contributed by atoms with E-state index in [1.54, 1.807) is 0 Å². The number of hydrogen-bond acceptors (Lipinski definition) is 3. The van der Waals surface area contributed by atoms with E-state index in [-0.39, 0.29) is 17.9 Å². The van der Waals surface area contributed by atoms with Crippen molar-refractivity contribution in [3.63, 3.8) is 0 Å². The fraction of sp³-hybridized carbons (Fsp3) is 0.800. The van der Waals surface area contributed by atoms with Crippen LogP contribution in [0.25, 0.3) is 0 Å². The van der Waals surface area contributed by atoms with Crippen molar-refractivity contribution in [2.45, 2.75) is 45.1 Å². The minimum atomic E-state index is -0.598. The SMILES string of the molecule is CC1CC(C(=O)N2CCC3NC(=O)CCC3C2)(C(N)=S)C1. The van der Waals surface area contributed by atoms with E-state index in [9.17, 15) is 9.59 Å². The number of likely N-dealkylation sites (tertiary alicyclic amines) is 1. The van der Waals surface area contributed by atoms with E-state index in [4.69, 9.17) is 18.0 Å². The summed E-state index contributed by atoms with van der Waals surface area (Å²) in [6.45, 7) is 3.55. The number of hydrogen-bond donors (Lipinski definition) is 2. The molecule has 3 aliphatic rings. The molecule has 6 heteroatoms. The summed E-state index contributed by atoms with van der Waals surface area (Å²) in [6, 6.07) is 0.233. The van der Waals surface area contributed by atoms with Crippen LogP contribution in [0.15, 0.2) is 0 Å². The molecular weight excluding hydrogens is 286 g/mol. The maximum atomic E-state index is 12.9. The summed E-state index contributed by atoms with van der Waals surface area (Å²) in [6.07, 6.45) is 3.84. The number of nitrogens with two attached hydrogens (primary N) is 1. The average Bonchev–Trinajstić information content (AvgIpc) is 2.42. The molecule has 2 amide bonds. The summed E-state index contributed by atoms with van der Waals surface area (Å²) >= 11 is 5.18. The first-order valence-corrected chi connectivity index (χ1v) is 8.22. The molecular formula is C15H23N3O2S. The summed E-state index contributed by atoms with van der Waals surface area (Å²) in [5, 5.41) is 3.05. The maximum Gasteiger partial charge on any atom is 0.235 e. The highest BCUT2D eigenvalue weighted by molar-refractivity contribution is 7.80. The fourth-order valence-electron chi connectivity index (χ4n) is 4.21. The average molecular weight is 309 g/mol. The van der Waals surface area contributed by atoms with Gasteiger partial charge in [-0.3, -0.25) is 9.59 Å². The smallest absolute Gasteiger partial charge is 0.235 e. The van der Waals surface area contributed by atoms with Crippen LogP contribution in [0.4, 0.5) is 0 Å². The van der Waals surface area contributed by atoms with Crippen molar-refractivity contribution >= 4 is 29.0 Å². The van der Waals surface area contributed by atoms with Gasteiger partial charge in [-0.05, 0) is 37.5 Å². The lowest BCUT2D eigenvalue weighted by Crippen LogP contribution is -2.61. The van der Waals surface area contributed by atoms with Gasteiger partial charge in [0, 0.05) is 25.6 Å². The molecule has 0 radical (unpaired) electrons. The molecule has 3 fully saturated rings. The molecule has 2 atom stereocenters. The van der Waals surface area contributed by atoms with Crippen LogP contribution in [-0.4, -0.2) is 40.8 Å². The second-order valence-corrected chi connectivity index (χ2v) is 7.41. The third-order valence-electron chi connectivity index (χ3n) is 5.38. The summed E-state index contributed by atoms with van der Waals surface area (Å²) in [7, 11) is 0. The van der Waals surface area contributed by atoms with Crippen LogP contribution in [0.2, 0.25) is 0 Å². The van der Waals surface area contributed by atoms with Crippen molar-refractivity contribution in [1.29, 1.82) is 0 Å². The number of amides is 2. The zero-order valence-electron chi connectivity index (χ0n) is 12.4. The molecule has 116 valence electrons. The standard InChI is InChI=1S/C15H23N3O2S/c1-9-6-15(7-9,13(16)21)14(20)18-5-4-11-10(8-18)2-3-12(19)17-11/h9-11H,2-8H2,1H3,(H2,16,21)(H,17,19). The maximum absolute atomic E-state index is 12.9. The van der Waals surface area contributed by atoms with Crippen LogP contribution >= 0.6 is 12.2 Å². The highest BCUT2D eigenvalue weighted by Gasteiger charge is 2.53. The summed E-state index contributed by atoms with van der Waals surface area (Å²) < 4.78 is 0. The third kappa shape index (κ3) is 2.43. The Bertz CT molecular complexity index is 487. The third-order valence-corrected chi connectivity index (χ3v) is 5.78. The highest BCUT2D eigenvalue weighted by Crippen LogP contribution is 2.47. The van der Waals surface area contributed by atoms with Crippen LogP contribution in [-0.2, 0) is 9.59 Å². The summed E-state index contributed by atoms with van der Waals surface area (Å²) in [4.78, 5) is 26.6. The molecule has 1 aliphatic carbocycles. The molecule has 1 saturated carbocycles. The first-order chi connectivity index (χ1) is 9.92. The van der Waals surface area contributed by atoms with E-state index in [0.717, 1.165) is 32.2 Å². The molecule has 2 unspecified atom stereocenters. The number of piperidine rings is 2. The molecule has 21 heavy (non-hydrogen) atoms. The molecule has 2 aliphatic heterocycles. The second kappa shape index (κ2) is 5.23. The molecule has 2 heterocycles. The van der Waals surface area contributed by atoms with Crippen LogP contribution in [0.5, 0.6) is 0 Å². The number of nitrogens with one attached hydrogen (secondary N) is 1. The van der Waals surface area contributed by atoms with E-state index in [1.165, 1.54) is 0 Å². The zero-order valence-corrected chi connectivity index (χ0v) is 13.2. The van der Waals surface area contributed by atoms with Crippen LogP contribution < -0.4 is 11.1 Å². The van der Waals surface area contributed by atoms with Crippen LogP contribution in [0, 0.1) is 17.3 Å². The van der Waals surface area contributed by atoms with Gasteiger partial charge in [0.15, 0.2) is 0 Å². The number of carbonyl (C=O) groups excluding carboxylic acids is 2. The molecule has 3 rings (SSSR count). The van der Waals surface area contributed by atoms with Crippen molar-refractivity contribution in [3.05, 3.63) is 0 Å². The van der Waals surface area contributed by atoms with Gasteiger partial charge in [0.2, 0.25) is 11.8 Å². The topological polar surface area (TPSA) is 75.4 Å². The Hall–Kier alpha value is -1.17. The van der Waals surface area contributed by atoms with Crippen LogP contribution in [0.1, 0.15) is 39.0 Å². The highest BCUT2D eigenvalue weighted by atomic mass is 32.1. The first kappa shape index (κ1) is 14.8. The van der Waals surface area contributed by atoms with E-state index < -0.39 is 5.41 Å². The fourth-order valence-corrected chi connectivity index (χ4v) is 4.46. The molecule has 3 N–H and O–H groups in total. The predicted octanol–water partition coefficient (Wildman–Crippen LogP) is 0.816. The van der Waals surface area contributed by atoms with Gasteiger partial charge in [-0.2, -0.15) is 0 Å². The van der Waals surface area contributed by atoms with Gasteiger partial charge in [-0.1, -0.05) is 19.1 Å². The second-order valence-electron chi connectivity index (χ2n) is 6.97. The molecule has 0 aromatic rings. The lowest BCUT2D eigenvalue weighted by molar-refractivity contribution is -0.147. The number of nitrogens with zero attached hydrogens (tertiary/aromatic N) is 1. The largest absolute Gasteiger partial charge is 0.392 e. The normalized spacial score (nSPS) is 39.0. The first-order valence-electron chi connectivity index (χ1n) is 7.81. The van der Waals surface area contributed by atoms with E-state index in [2.05, 4.69) is 12.2 Å². The van der Waals surface area contributed by atoms with Gasteiger partial charge >= 0.3 is 0 Å².